The van der Waals surface area contributed by atoms with Gasteiger partial charge in [0.15, 0.2) is 0 Å². The average Bonchev–Trinajstić information content (AvgIpc) is 3.50. The molecule has 1 aromatic rings. The molecule has 1 fully saturated rings. The van der Waals surface area contributed by atoms with Gasteiger partial charge < -0.3 is 20.3 Å². The van der Waals surface area contributed by atoms with Crippen LogP contribution in [-0.2, 0) is 14.3 Å². The summed E-state index contributed by atoms with van der Waals surface area (Å²) in [4.78, 5) is 42.4. The summed E-state index contributed by atoms with van der Waals surface area (Å²) in [6.45, 7) is 14.2. The van der Waals surface area contributed by atoms with E-state index in [2.05, 4.69) is 30.5 Å². The third kappa shape index (κ3) is 9.87. The number of carbonyl (C=O) groups is 3. The van der Waals surface area contributed by atoms with Crippen LogP contribution >= 0.6 is 11.8 Å². The fourth-order valence-electron chi connectivity index (χ4n) is 4.58. The highest BCUT2D eigenvalue weighted by atomic mass is 32.2. The topological polar surface area (TPSA) is 87.7 Å². The van der Waals surface area contributed by atoms with E-state index in [4.69, 9.17) is 4.74 Å². The van der Waals surface area contributed by atoms with Crippen LogP contribution in [0.3, 0.4) is 0 Å². The maximum Gasteiger partial charge on any atom is 0.408 e. The van der Waals surface area contributed by atoms with Gasteiger partial charge in [0.05, 0.1) is 0 Å². The second-order valence-corrected chi connectivity index (χ2v) is 12.3. The number of rotatable bonds is 13. The number of nitrogens with zero attached hydrogens (tertiary/aromatic N) is 1. The van der Waals surface area contributed by atoms with Crippen LogP contribution in [0.5, 0.6) is 0 Å². The Hall–Kier alpha value is -2.22. The van der Waals surface area contributed by atoms with Gasteiger partial charge in [-0.3, -0.25) is 9.59 Å². The van der Waals surface area contributed by atoms with Crippen molar-refractivity contribution in [2.45, 2.75) is 104 Å². The van der Waals surface area contributed by atoms with E-state index < -0.39 is 23.8 Å². The van der Waals surface area contributed by atoms with Crippen molar-refractivity contribution in [1.82, 2.24) is 15.5 Å². The first-order chi connectivity index (χ1) is 17.4. The van der Waals surface area contributed by atoms with Crippen LogP contribution in [0.1, 0.15) is 89.5 Å². The number of benzene rings is 1. The van der Waals surface area contributed by atoms with Gasteiger partial charge in [-0.2, -0.15) is 11.8 Å². The van der Waals surface area contributed by atoms with Crippen molar-refractivity contribution in [1.29, 1.82) is 0 Å². The summed E-state index contributed by atoms with van der Waals surface area (Å²) in [6, 6.07) is 4.45. The van der Waals surface area contributed by atoms with Crippen LogP contribution in [0.25, 0.3) is 0 Å². The molecule has 37 heavy (non-hydrogen) atoms. The first kappa shape index (κ1) is 31.0. The Morgan fingerprint density at radius 2 is 1.76 bits per heavy atom. The lowest BCUT2D eigenvalue weighted by molar-refractivity contribution is -0.143. The Morgan fingerprint density at radius 1 is 1.14 bits per heavy atom. The zero-order valence-electron chi connectivity index (χ0n) is 24.0. The SMILES string of the molecule is CCCCCNC(=O)C(c1cc(C)cc(C)c1)N(C(=O)C(CCSC)NC(=O)OC(C)(C)C)C1CC1C. The van der Waals surface area contributed by atoms with Crippen molar-refractivity contribution in [3.8, 4) is 0 Å². The first-order valence-electron chi connectivity index (χ1n) is 13.5. The zero-order chi connectivity index (χ0) is 27.8. The van der Waals surface area contributed by atoms with Crippen molar-refractivity contribution in [3.05, 3.63) is 34.9 Å². The molecule has 0 saturated heterocycles. The molecular formula is C29H47N3O4S. The third-order valence-electron chi connectivity index (χ3n) is 6.44. The zero-order valence-corrected chi connectivity index (χ0v) is 24.8. The van der Waals surface area contributed by atoms with E-state index in [0.717, 1.165) is 42.4 Å². The van der Waals surface area contributed by atoms with Gasteiger partial charge >= 0.3 is 6.09 Å². The molecule has 0 heterocycles. The lowest BCUT2D eigenvalue weighted by Crippen LogP contribution is -2.54. The summed E-state index contributed by atoms with van der Waals surface area (Å²) in [5, 5.41) is 5.91. The summed E-state index contributed by atoms with van der Waals surface area (Å²) in [7, 11) is 0. The van der Waals surface area contributed by atoms with Crippen LogP contribution in [0.15, 0.2) is 18.2 Å². The Labute approximate surface area is 227 Å². The van der Waals surface area contributed by atoms with E-state index >= 15 is 0 Å². The molecule has 1 aliphatic carbocycles. The molecular weight excluding hydrogens is 486 g/mol. The Kier molecular flexibility index (Phi) is 11.8. The summed E-state index contributed by atoms with van der Waals surface area (Å²) >= 11 is 1.61. The molecule has 3 amide bonds. The number of carbonyl (C=O) groups excluding carboxylic acids is 3. The third-order valence-corrected chi connectivity index (χ3v) is 7.09. The number of hydrogen-bond acceptors (Lipinski definition) is 5. The second kappa shape index (κ2) is 14.1. The molecule has 0 aliphatic heterocycles. The molecule has 4 unspecified atom stereocenters. The molecule has 2 N–H and O–H groups in total. The number of nitrogens with one attached hydrogen (secondary N) is 2. The van der Waals surface area contributed by atoms with Crippen LogP contribution in [0, 0.1) is 19.8 Å². The number of amides is 3. The summed E-state index contributed by atoms with van der Waals surface area (Å²) in [5.74, 6) is 0.571. The number of unbranched alkanes of at least 4 members (excludes halogenated alkanes) is 2. The molecule has 0 aromatic heterocycles. The Bertz CT molecular complexity index is 910. The van der Waals surface area contributed by atoms with E-state index in [1.807, 2.05) is 32.2 Å². The van der Waals surface area contributed by atoms with Gasteiger partial charge in [0.25, 0.3) is 0 Å². The van der Waals surface area contributed by atoms with Crippen molar-refractivity contribution in [2.75, 3.05) is 18.6 Å². The molecule has 0 spiro atoms. The maximum atomic E-state index is 14.2. The number of alkyl carbamates (subject to hydrolysis) is 1. The van der Waals surface area contributed by atoms with Crippen LogP contribution in [-0.4, -0.2) is 59.0 Å². The molecule has 1 aromatic carbocycles. The summed E-state index contributed by atoms with van der Waals surface area (Å²) in [5.41, 5.74) is 2.21. The van der Waals surface area contributed by atoms with E-state index in [1.54, 1.807) is 37.4 Å². The normalized spacial score (nSPS) is 18.5. The lowest BCUT2D eigenvalue weighted by Gasteiger charge is -2.35. The largest absolute Gasteiger partial charge is 0.444 e. The molecule has 0 radical (unpaired) electrons. The van der Waals surface area contributed by atoms with Gasteiger partial charge in [0.2, 0.25) is 11.8 Å². The molecule has 8 heteroatoms. The van der Waals surface area contributed by atoms with E-state index in [9.17, 15) is 14.4 Å². The molecule has 1 aliphatic rings. The molecule has 208 valence electrons. The molecule has 4 atom stereocenters. The number of aryl methyl sites for hydroxylation is 2. The van der Waals surface area contributed by atoms with E-state index in [0.29, 0.717) is 18.7 Å². The fourth-order valence-corrected chi connectivity index (χ4v) is 5.06. The lowest BCUT2D eigenvalue weighted by atomic mass is 9.98. The monoisotopic (exact) mass is 533 g/mol. The van der Waals surface area contributed by atoms with Gasteiger partial charge in [-0.25, -0.2) is 4.79 Å². The number of thioether (sulfide) groups is 1. The van der Waals surface area contributed by atoms with Crippen LogP contribution in [0.2, 0.25) is 0 Å². The first-order valence-corrected chi connectivity index (χ1v) is 14.9. The molecule has 2 rings (SSSR count). The van der Waals surface area contributed by atoms with E-state index in [-0.39, 0.29) is 23.8 Å². The highest BCUT2D eigenvalue weighted by Crippen LogP contribution is 2.41. The minimum atomic E-state index is -0.781. The Morgan fingerprint density at radius 3 is 2.27 bits per heavy atom. The summed E-state index contributed by atoms with van der Waals surface area (Å²) < 4.78 is 5.47. The minimum absolute atomic E-state index is 0.0584. The highest BCUT2D eigenvalue weighted by Gasteiger charge is 2.48. The summed E-state index contributed by atoms with van der Waals surface area (Å²) in [6.07, 6.45) is 5.63. The predicted octanol–water partition coefficient (Wildman–Crippen LogP) is 5.53. The van der Waals surface area contributed by atoms with Gasteiger partial charge in [-0.15, -0.1) is 0 Å². The Balaban J connectivity index is 2.46. The van der Waals surface area contributed by atoms with Crippen molar-refractivity contribution in [2.24, 2.45) is 5.92 Å². The highest BCUT2D eigenvalue weighted by molar-refractivity contribution is 7.98. The standard InChI is InChI=1S/C29H47N3O4S/c1-9-10-11-13-30-26(33)25(22-16-19(2)15-20(3)17-22)32(24-18-21(24)4)27(34)23(12-14-37-8)31-28(35)36-29(5,6)7/h15-17,21,23-25H,9-14,18H2,1-8H3,(H,30,33)(H,31,35). The van der Waals surface area contributed by atoms with Crippen molar-refractivity contribution < 1.29 is 19.1 Å². The van der Waals surface area contributed by atoms with E-state index in [1.165, 1.54) is 0 Å². The van der Waals surface area contributed by atoms with Gasteiger partial charge in [0.1, 0.15) is 17.7 Å². The smallest absolute Gasteiger partial charge is 0.408 e. The number of ether oxygens (including phenoxy) is 1. The minimum Gasteiger partial charge on any atom is -0.444 e. The van der Waals surface area contributed by atoms with Gasteiger partial charge in [-0.1, -0.05) is 56.0 Å². The molecule has 7 nitrogen and oxygen atoms in total. The number of hydrogen-bond donors (Lipinski definition) is 2. The maximum absolute atomic E-state index is 14.2. The van der Waals surface area contributed by atoms with Crippen molar-refractivity contribution in [3.63, 3.8) is 0 Å². The fraction of sp³-hybridized carbons (Fsp3) is 0.690. The van der Waals surface area contributed by atoms with Crippen LogP contribution < -0.4 is 10.6 Å². The predicted molar refractivity (Wildman–Crippen MR) is 152 cm³/mol. The quantitative estimate of drug-likeness (QED) is 0.325. The average molecular weight is 534 g/mol. The van der Waals surface area contributed by atoms with Crippen LogP contribution in [0.4, 0.5) is 4.79 Å². The molecule has 1 saturated carbocycles. The van der Waals surface area contributed by atoms with Gasteiger partial charge in [-0.05, 0) is 77.4 Å². The molecule has 0 bridgehead atoms. The van der Waals surface area contributed by atoms with Crippen molar-refractivity contribution >= 4 is 29.7 Å². The van der Waals surface area contributed by atoms with Gasteiger partial charge in [0, 0.05) is 12.6 Å². The second-order valence-electron chi connectivity index (χ2n) is 11.3.